The first kappa shape index (κ1) is 31.0. The lowest BCUT2D eigenvalue weighted by Crippen LogP contribution is -2.27. The largest absolute Gasteiger partial charge is 0.488 e. The average molecular weight is 564 g/mol. The second-order valence-corrected chi connectivity index (χ2v) is 11.3. The van der Waals surface area contributed by atoms with Crippen LogP contribution in [0.3, 0.4) is 0 Å². The zero-order valence-electron chi connectivity index (χ0n) is 24.3. The Morgan fingerprint density at radius 3 is 2.10 bits per heavy atom. The highest BCUT2D eigenvalue weighted by Gasteiger charge is 2.24. The molecule has 1 amide bonds. The molecule has 3 aromatic rings. The Bertz CT molecular complexity index is 1370. The normalized spacial score (nSPS) is 11.4. The highest BCUT2D eigenvalue weighted by atomic mass is 16.6. The summed E-state index contributed by atoms with van der Waals surface area (Å²) in [4.78, 5) is 37.2. The number of carbonyl (C=O) groups excluding carboxylic acids is 2. The fourth-order valence-electron chi connectivity index (χ4n) is 3.78. The van der Waals surface area contributed by atoms with Crippen LogP contribution in [0.4, 0.5) is 10.5 Å². The van der Waals surface area contributed by atoms with Crippen molar-refractivity contribution >= 4 is 23.7 Å². The second kappa shape index (κ2) is 13.2. The first-order chi connectivity index (χ1) is 19.2. The summed E-state index contributed by atoms with van der Waals surface area (Å²) in [6, 6.07) is 19.0. The molecule has 3 rings (SSSR count). The Hall–Kier alpha value is -4.53. The molecule has 3 aromatic carbocycles. The van der Waals surface area contributed by atoms with Gasteiger partial charge in [-0.1, -0.05) is 36.4 Å². The van der Waals surface area contributed by atoms with Gasteiger partial charge in [-0.25, -0.2) is 14.4 Å². The second-order valence-electron chi connectivity index (χ2n) is 11.3. The molecule has 2 N–H and O–H groups in total. The van der Waals surface area contributed by atoms with E-state index in [0.29, 0.717) is 17.0 Å². The summed E-state index contributed by atoms with van der Waals surface area (Å²) in [5, 5.41) is 12.3. The van der Waals surface area contributed by atoms with Crippen molar-refractivity contribution in [3.05, 3.63) is 89.0 Å². The van der Waals surface area contributed by atoms with E-state index in [4.69, 9.17) is 18.9 Å². The van der Waals surface area contributed by atoms with E-state index in [1.165, 1.54) is 12.1 Å². The molecule has 0 aliphatic rings. The number of hydrogen-bond donors (Lipinski definition) is 2. The summed E-state index contributed by atoms with van der Waals surface area (Å²) in [7, 11) is 0. The SMILES string of the molecule is CC(C)(C)OC(=O)Nc1ccc(C(=O)O)c(CCOc2c(OCc3ccccc3)cccc2C(=O)OC(C)(C)C)c1. The molecule has 0 unspecified atom stereocenters. The lowest BCUT2D eigenvalue weighted by molar-refractivity contribution is 0.00646. The van der Waals surface area contributed by atoms with Crippen LogP contribution in [-0.2, 0) is 22.5 Å². The Kier molecular flexibility index (Phi) is 9.99. The Balaban J connectivity index is 1.84. The van der Waals surface area contributed by atoms with Crippen LogP contribution in [0.5, 0.6) is 11.5 Å². The highest BCUT2D eigenvalue weighted by Crippen LogP contribution is 2.34. The number of hydrogen-bond acceptors (Lipinski definition) is 7. The molecule has 41 heavy (non-hydrogen) atoms. The van der Waals surface area contributed by atoms with Crippen molar-refractivity contribution in [2.75, 3.05) is 11.9 Å². The van der Waals surface area contributed by atoms with Crippen LogP contribution < -0.4 is 14.8 Å². The summed E-state index contributed by atoms with van der Waals surface area (Å²) >= 11 is 0. The topological polar surface area (TPSA) is 120 Å². The number of rotatable bonds is 10. The van der Waals surface area contributed by atoms with Crippen molar-refractivity contribution in [3.8, 4) is 11.5 Å². The van der Waals surface area contributed by atoms with Gasteiger partial charge >= 0.3 is 18.0 Å². The zero-order chi connectivity index (χ0) is 30.2. The van der Waals surface area contributed by atoms with E-state index in [1.54, 1.807) is 65.8 Å². The van der Waals surface area contributed by atoms with Gasteiger partial charge < -0.3 is 24.1 Å². The van der Waals surface area contributed by atoms with E-state index < -0.39 is 29.2 Å². The van der Waals surface area contributed by atoms with Gasteiger partial charge in [0, 0.05) is 12.1 Å². The molecule has 0 fully saturated rings. The van der Waals surface area contributed by atoms with Crippen LogP contribution in [0, 0.1) is 0 Å². The van der Waals surface area contributed by atoms with Crippen molar-refractivity contribution in [1.82, 2.24) is 0 Å². The van der Waals surface area contributed by atoms with E-state index in [0.717, 1.165) is 5.56 Å². The molecule has 0 aliphatic carbocycles. The Labute approximate surface area is 240 Å². The van der Waals surface area contributed by atoms with Crippen molar-refractivity contribution < 1.29 is 38.4 Å². The summed E-state index contributed by atoms with van der Waals surface area (Å²) < 4.78 is 23.0. The van der Waals surface area contributed by atoms with Crippen molar-refractivity contribution in [3.63, 3.8) is 0 Å². The van der Waals surface area contributed by atoms with E-state index in [9.17, 15) is 19.5 Å². The summed E-state index contributed by atoms with van der Waals surface area (Å²) in [6.07, 6.45) is -0.499. The number of ether oxygens (including phenoxy) is 4. The molecule has 9 nitrogen and oxygen atoms in total. The molecule has 0 aromatic heterocycles. The predicted molar refractivity (Wildman–Crippen MR) is 155 cm³/mol. The number of anilines is 1. The summed E-state index contributed by atoms with van der Waals surface area (Å²) in [6.45, 7) is 10.8. The van der Waals surface area contributed by atoms with Crippen LogP contribution >= 0.6 is 0 Å². The van der Waals surface area contributed by atoms with E-state index in [-0.39, 0.29) is 36.5 Å². The Morgan fingerprint density at radius 2 is 1.46 bits per heavy atom. The minimum Gasteiger partial charge on any atom is -0.488 e. The number of para-hydroxylation sites is 1. The molecule has 0 spiro atoms. The van der Waals surface area contributed by atoms with Gasteiger partial charge in [0.25, 0.3) is 0 Å². The molecule has 0 saturated carbocycles. The monoisotopic (exact) mass is 563 g/mol. The highest BCUT2D eigenvalue weighted by molar-refractivity contribution is 5.94. The smallest absolute Gasteiger partial charge is 0.412 e. The van der Waals surface area contributed by atoms with Crippen molar-refractivity contribution in [2.24, 2.45) is 0 Å². The molecule has 0 bridgehead atoms. The van der Waals surface area contributed by atoms with Gasteiger partial charge in [-0.15, -0.1) is 0 Å². The van der Waals surface area contributed by atoms with E-state index in [2.05, 4.69) is 5.32 Å². The number of aromatic carboxylic acids is 1. The number of nitrogens with one attached hydrogen (secondary N) is 1. The minimum atomic E-state index is -1.12. The number of carbonyl (C=O) groups is 3. The van der Waals surface area contributed by atoms with Gasteiger partial charge in [0.2, 0.25) is 0 Å². The van der Waals surface area contributed by atoms with Gasteiger partial charge in [-0.05, 0) is 83.0 Å². The van der Waals surface area contributed by atoms with Crippen LogP contribution in [0.2, 0.25) is 0 Å². The van der Waals surface area contributed by atoms with Gasteiger partial charge in [-0.2, -0.15) is 0 Å². The first-order valence-electron chi connectivity index (χ1n) is 13.2. The molecule has 218 valence electrons. The number of benzene rings is 3. The number of carboxylic acid groups (broad SMARTS) is 1. The summed E-state index contributed by atoms with van der Waals surface area (Å²) in [5.74, 6) is -1.16. The van der Waals surface area contributed by atoms with Crippen molar-refractivity contribution in [1.29, 1.82) is 0 Å². The molecule has 0 atom stereocenters. The number of carboxylic acids is 1. The van der Waals surface area contributed by atoms with Gasteiger partial charge in [0.1, 0.15) is 23.4 Å². The third-order valence-electron chi connectivity index (χ3n) is 5.43. The van der Waals surface area contributed by atoms with Crippen LogP contribution in [0.25, 0.3) is 0 Å². The lowest BCUT2D eigenvalue weighted by atomic mass is 10.0. The van der Waals surface area contributed by atoms with E-state index >= 15 is 0 Å². The van der Waals surface area contributed by atoms with Gasteiger partial charge in [0.05, 0.1) is 12.2 Å². The maximum atomic E-state index is 13.0. The number of amides is 1. The fourth-order valence-corrected chi connectivity index (χ4v) is 3.78. The van der Waals surface area contributed by atoms with Crippen molar-refractivity contribution in [2.45, 2.75) is 65.8 Å². The molecule has 0 heterocycles. The quantitative estimate of drug-likeness (QED) is 0.256. The maximum absolute atomic E-state index is 13.0. The molecule has 0 aliphatic heterocycles. The van der Waals surface area contributed by atoms with Gasteiger partial charge in [0.15, 0.2) is 11.5 Å². The first-order valence-corrected chi connectivity index (χ1v) is 13.2. The standard InChI is InChI=1S/C32H37NO8/c1-31(2,3)40-29(36)25-13-10-14-26(39-20-21-11-8-7-9-12-21)27(25)38-18-17-22-19-23(15-16-24(22)28(34)35)33-30(37)41-32(4,5)6/h7-16,19H,17-18,20H2,1-6H3,(H,33,37)(H,34,35). The predicted octanol–water partition coefficient (Wildman–Crippen LogP) is 6.89. The maximum Gasteiger partial charge on any atom is 0.412 e. The molecule has 9 heteroatoms. The summed E-state index contributed by atoms with van der Waals surface area (Å²) in [5.41, 5.74) is 0.555. The molecular formula is C32H37NO8. The van der Waals surface area contributed by atoms with Crippen LogP contribution in [-0.4, -0.2) is 40.9 Å². The zero-order valence-corrected chi connectivity index (χ0v) is 24.3. The van der Waals surface area contributed by atoms with E-state index in [1.807, 2.05) is 30.3 Å². The lowest BCUT2D eigenvalue weighted by Gasteiger charge is -2.22. The molecule has 0 radical (unpaired) electrons. The molecule has 0 saturated heterocycles. The number of esters is 1. The Morgan fingerprint density at radius 1 is 0.780 bits per heavy atom. The minimum absolute atomic E-state index is 0.0116. The molecular weight excluding hydrogens is 526 g/mol. The van der Waals surface area contributed by atoms with Gasteiger partial charge in [-0.3, -0.25) is 5.32 Å². The average Bonchev–Trinajstić information content (AvgIpc) is 2.86. The third kappa shape index (κ3) is 9.86. The van der Waals surface area contributed by atoms with Crippen LogP contribution in [0.1, 0.15) is 73.4 Å². The fraction of sp³-hybridized carbons (Fsp3) is 0.344. The third-order valence-corrected chi connectivity index (χ3v) is 5.43. The van der Waals surface area contributed by atoms with Crippen LogP contribution in [0.15, 0.2) is 66.7 Å².